The first-order chi connectivity index (χ1) is 16.9. The van der Waals surface area contributed by atoms with Gasteiger partial charge in [-0.1, -0.05) is 13.8 Å². The molecule has 36 heavy (non-hydrogen) atoms. The van der Waals surface area contributed by atoms with Gasteiger partial charge in [0.15, 0.2) is 5.82 Å². The zero-order chi connectivity index (χ0) is 26.6. The lowest BCUT2D eigenvalue weighted by Gasteiger charge is -2.31. The van der Waals surface area contributed by atoms with Crippen molar-refractivity contribution in [2.45, 2.75) is 102 Å². The molecule has 0 spiro atoms. The average molecular weight is 524 g/mol. The van der Waals surface area contributed by atoms with Crippen molar-refractivity contribution < 1.29 is 29.2 Å². The molecule has 204 valence electrons. The van der Waals surface area contributed by atoms with Crippen molar-refractivity contribution in [2.24, 2.45) is 0 Å². The van der Waals surface area contributed by atoms with Crippen LogP contribution in [0.1, 0.15) is 80.7 Å². The summed E-state index contributed by atoms with van der Waals surface area (Å²) >= 11 is 0. The van der Waals surface area contributed by atoms with E-state index in [0.29, 0.717) is 25.7 Å². The second-order valence-electron chi connectivity index (χ2n) is 9.18. The van der Waals surface area contributed by atoms with Gasteiger partial charge < -0.3 is 10.6 Å². The Balaban J connectivity index is 0.00000176. The van der Waals surface area contributed by atoms with Gasteiger partial charge in [-0.25, -0.2) is 23.1 Å². The summed E-state index contributed by atoms with van der Waals surface area (Å²) in [6.07, 6.45) is -2.17. The maximum atomic E-state index is 14.1. The summed E-state index contributed by atoms with van der Waals surface area (Å²) in [5.41, 5.74) is -2.39. The van der Waals surface area contributed by atoms with Crippen molar-refractivity contribution in [2.75, 3.05) is 10.6 Å². The van der Waals surface area contributed by atoms with Gasteiger partial charge in [0.1, 0.15) is 11.4 Å². The van der Waals surface area contributed by atoms with Gasteiger partial charge in [0.2, 0.25) is 23.6 Å². The van der Waals surface area contributed by atoms with E-state index in [4.69, 9.17) is 0 Å². The molecule has 2 N–H and O–H groups in total. The van der Waals surface area contributed by atoms with Crippen LogP contribution in [-0.4, -0.2) is 48.6 Å². The highest BCUT2D eigenvalue weighted by Gasteiger charge is 2.36. The van der Waals surface area contributed by atoms with E-state index in [0.717, 1.165) is 12.3 Å². The highest BCUT2D eigenvalue weighted by atomic mass is 19.4. The molecule has 0 bridgehead atoms. The van der Waals surface area contributed by atoms with Gasteiger partial charge >= 0.3 is 6.18 Å². The molecular formula is C23H35F6N7. The molecule has 0 unspecified atom stereocenters. The van der Waals surface area contributed by atoms with Crippen molar-refractivity contribution >= 4 is 11.9 Å². The molecule has 0 atom stereocenters. The molecule has 2 heterocycles. The van der Waals surface area contributed by atoms with Gasteiger partial charge in [-0.3, -0.25) is 0 Å². The molecule has 0 aromatic carbocycles. The molecule has 2 aromatic rings. The lowest BCUT2D eigenvalue weighted by atomic mass is 9.85. The first-order valence-corrected chi connectivity index (χ1v) is 12.2. The highest BCUT2D eigenvalue weighted by Crippen LogP contribution is 2.35. The molecule has 4 rings (SSSR count). The Morgan fingerprint density at radius 2 is 1.31 bits per heavy atom. The van der Waals surface area contributed by atoms with Gasteiger partial charge in [0, 0.05) is 34.0 Å². The van der Waals surface area contributed by atoms with Crippen LogP contribution in [0.25, 0.3) is 11.6 Å². The van der Waals surface area contributed by atoms with Crippen LogP contribution in [0.2, 0.25) is 0 Å². The van der Waals surface area contributed by atoms with Gasteiger partial charge in [0.05, 0.1) is 0 Å². The lowest BCUT2D eigenvalue weighted by Crippen LogP contribution is -2.34. The Hall–Kier alpha value is -2.73. The molecule has 0 saturated heterocycles. The van der Waals surface area contributed by atoms with Crippen LogP contribution in [0.15, 0.2) is 12.3 Å². The smallest absolute Gasteiger partial charge is 0.351 e. The topological polar surface area (TPSA) is 88.5 Å². The first kappa shape index (κ1) is 27.9. The SMILES string of the molecule is CC.CC1(F)CCC(Nc2nc(NC3CCC(F)(F)CC3)nc(-c3nccc(C(F)(F)F)n3)n2)CC1.[HH].[HH]. The summed E-state index contributed by atoms with van der Waals surface area (Å²) < 4.78 is 80.5. The van der Waals surface area contributed by atoms with E-state index in [1.165, 1.54) is 0 Å². The highest BCUT2D eigenvalue weighted by molar-refractivity contribution is 5.50. The van der Waals surface area contributed by atoms with Gasteiger partial charge in [-0.15, -0.1) is 0 Å². The predicted octanol–water partition coefficient (Wildman–Crippen LogP) is 6.94. The third kappa shape index (κ3) is 7.63. The standard InChI is InChI=1S/C21H25F6N7.C2H6.2H2/c1-19(22)7-2-12(3-8-19)29-17-32-16(15-28-11-6-14(31-15)21(25,26)27)33-18(34-17)30-13-4-9-20(23,24)10-5-13;1-2;;/h6,11-13H,2-5,7-10H2,1H3,(H2,29,30,32,33,34);1-2H3;2*1H. The van der Waals surface area contributed by atoms with Gasteiger partial charge in [-0.05, 0) is 51.5 Å². The molecule has 13 heteroatoms. The minimum atomic E-state index is -4.68. The number of aromatic nitrogens is 5. The fourth-order valence-electron chi connectivity index (χ4n) is 4.14. The summed E-state index contributed by atoms with van der Waals surface area (Å²) in [5, 5.41) is 6.09. The Bertz CT molecular complexity index is 958. The van der Waals surface area contributed by atoms with Gasteiger partial charge in [0.25, 0.3) is 0 Å². The van der Waals surface area contributed by atoms with Crippen molar-refractivity contribution in [3.63, 3.8) is 0 Å². The Morgan fingerprint density at radius 3 is 1.81 bits per heavy atom. The van der Waals surface area contributed by atoms with E-state index < -0.39 is 23.5 Å². The Labute approximate surface area is 208 Å². The summed E-state index contributed by atoms with van der Waals surface area (Å²) in [5.74, 6) is -3.17. The van der Waals surface area contributed by atoms with Crippen molar-refractivity contribution in [3.8, 4) is 11.6 Å². The molecule has 2 aliphatic carbocycles. The number of rotatable bonds is 5. The van der Waals surface area contributed by atoms with Crippen LogP contribution in [-0.2, 0) is 6.18 Å². The Morgan fingerprint density at radius 1 is 0.806 bits per heavy atom. The fourth-order valence-corrected chi connectivity index (χ4v) is 4.14. The zero-order valence-electron chi connectivity index (χ0n) is 20.5. The third-order valence-corrected chi connectivity index (χ3v) is 6.19. The number of nitrogens with zero attached hydrogens (tertiary/aromatic N) is 5. The molecule has 0 amide bonds. The van der Waals surface area contributed by atoms with E-state index in [9.17, 15) is 26.3 Å². The van der Waals surface area contributed by atoms with Crippen LogP contribution in [0.3, 0.4) is 0 Å². The van der Waals surface area contributed by atoms with Crippen LogP contribution >= 0.6 is 0 Å². The van der Waals surface area contributed by atoms with E-state index >= 15 is 0 Å². The number of alkyl halides is 6. The number of anilines is 2. The zero-order valence-corrected chi connectivity index (χ0v) is 20.5. The lowest BCUT2D eigenvalue weighted by molar-refractivity contribution is -0.141. The van der Waals surface area contributed by atoms with Crippen molar-refractivity contribution in [1.29, 1.82) is 0 Å². The second kappa shape index (κ2) is 11.1. The number of nitrogens with one attached hydrogen (secondary N) is 2. The molecular weight excluding hydrogens is 488 g/mol. The van der Waals surface area contributed by atoms with Crippen molar-refractivity contribution in [1.82, 2.24) is 24.9 Å². The predicted molar refractivity (Wildman–Crippen MR) is 128 cm³/mol. The summed E-state index contributed by atoms with van der Waals surface area (Å²) in [4.78, 5) is 20.0. The normalized spacial score (nSPS) is 24.4. The molecule has 7 nitrogen and oxygen atoms in total. The van der Waals surface area contributed by atoms with E-state index in [2.05, 4.69) is 35.6 Å². The minimum Gasteiger partial charge on any atom is -0.351 e. The summed E-state index contributed by atoms with van der Waals surface area (Å²) in [6, 6.07) is 0.274. The molecule has 2 saturated carbocycles. The summed E-state index contributed by atoms with van der Waals surface area (Å²) in [6.45, 7) is 5.55. The maximum Gasteiger partial charge on any atom is 0.433 e. The second-order valence-corrected chi connectivity index (χ2v) is 9.18. The van der Waals surface area contributed by atoms with Crippen LogP contribution in [0.4, 0.5) is 38.2 Å². The summed E-state index contributed by atoms with van der Waals surface area (Å²) in [7, 11) is 0. The van der Waals surface area contributed by atoms with Crippen LogP contribution in [0, 0.1) is 0 Å². The molecule has 2 aliphatic rings. The van der Waals surface area contributed by atoms with E-state index in [1.807, 2.05) is 13.8 Å². The first-order valence-electron chi connectivity index (χ1n) is 12.2. The van der Waals surface area contributed by atoms with Crippen molar-refractivity contribution in [3.05, 3.63) is 18.0 Å². The third-order valence-electron chi connectivity index (χ3n) is 6.19. The molecule has 0 radical (unpaired) electrons. The number of hydrogen-bond donors (Lipinski definition) is 2. The van der Waals surface area contributed by atoms with E-state index in [1.54, 1.807) is 6.92 Å². The van der Waals surface area contributed by atoms with Crippen LogP contribution < -0.4 is 10.6 Å². The molecule has 2 aromatic heterocycles. The molecule has 0 aliphatic heterocycles. The van der Waals surface area contributed by atoms with E-state index in [-0.39, 0.29) is 64.2 Å². The monoisotopic (exact) mass is 523 g/mol. The fraction of sp³-hybridized carbons (Fsp3) is 0.696. The largest absolute Gasteiger partial charge is 0.433 e. The number of halogens is 6. The Kier molecular flexibility index (Phi) is 8.60. The quantitative estimate of drug-likeness (QED) is 0.411. The average Bonchev–Trinajstić information content (AvgIpc) is 2.83. The minimum absolute atomic E-state index is 0. The van der Waals surface area contributed by atoms with Gasteiger partial charge in [-0.2, -0.15) is 28.1 Å². The number of hydrogen-bond acceptors (Lipinski definition) is 7. The molecule has 2 fully saturated rings. The maximum absolute atomic E-state index is 14.1. The van der Waals surface area contributed by atoms with Crippen LogP contribution in [0.5, 0.6) is 0 Å².